The summed E-state index contributed by atoms with van der Waals surface area (Å²) < 4.78 is 12.1. The van der Waals surface area contributed by atoms with Crippen LogP contribution >= 0.6 is 0 Å². The number of benzene rings is 1. The van der Waals surface area contributed by atoms with E-state index in [1.54, 1.807) is 0 Å². The molecular weight excluding hydrogens is 330 g/mol. The molecule has 4 nitrogen and oxygen atoms in total. The third kappa shape index (κ3) is 5.54. The van der Waals surface area contributed by atoms with Crippen LogP contribution in [0.5, 0.6) is 5.75 Å². The molecule has 0 amide bonds. The minimum atomic E-state index is -1.36. The third-order valence-electron chi connectivity index (χ3n) is 5.03. The minimum absolute atomic E-state index is 0.0421. The van der Waals surface area contributed by atoms with Crippen molar-refractivity contribution in [3.8, 4) is 5.75 Å². The molecule has 0 saturated carbocycles. The highest BCUT2D eigenvalue weighted by atomic mass is 28.3. The molecule has 0 aromatic heterocycles. The van der Waals surface area contributed by atoms with Gasteiger partial charge in [-0.05, 0) is 45.4 Å². The Bertz CT molecular complexity index is 548. The van der Waals surface area contributed by atoms with E-state index in [2.05, 4.69) is 57.4 Å². The Labute approximate surface area is 154 Å². The van der Waals surface area contributed by atoms with Crippen molar-refractivity contribution in [1.29, 1.82) is 0 Å². The molecule has 1 aromatic rings. The Morgan fingerprint density at radius 3 is 2.28 bits per heavy atom. The molecule has 1 saturated heterocycles. The number of nitrogens with zero attached hydrogens (tertiary/aromatic N) is 1. The van der Waals surface area contributed by atoms with Gasteiger partial charge in [-0.15, -0.1) is 0 Å². The average Bonchev–Trinajstić information content (AvgIpc) is 2.45. The first-order chi connectivity index (χ1) is 11.6. The van der Waals surface area contributed by atoms with Crippen LogP contribution in [0.15, 0.2) is 24.3 Å². The predicted molar refractivity (Wildman–Crippen MR) is 106 cm³/mol. The zero-order chi connectivity index (χ0) is 18.8. The van der Waals surface area contributed by atoms with E-state index >= 15 is 0 Å². The standard InChI is InChI=1S/C20H35NO3Si/c1-14-12-21(13-15(2)23-14)20(16(3)22)18-9-8-10-19(11-18)24-17(4)25(5,6)7/h8-11,14-17,20,22H,12-13H2,1-7H3. The van der Waals surface area contributed by atoms with Gasteiger partial charge >= 0.3 is 0 Å². The van der Waals surface area contributed by atoms with Crippen molar-refractivity contribution in [1.82, 2.24) is 4.90 Å². The first-order valence-corrected chi connectivity index (χ1v) is 13.0. The van der Waals surface area contributed by atoms with Crippen molar-refractivity contribution in [3.63, 3.8) is 0 Å². The van der Waals surface area contributed by atoms with Gasteiger partial charge in [0.2, 0.25) is 0 Å². The molecule has 142 valence electrons. The van der Waals surface area contributed by atoms with E-state index in [1.807, 2.05) is 19.1 Å². The van der Waals surface area contributed by atoms with Crippen LogP contribution in [0, 0.1) is 0 Å². The molecule has 1 aromatic carbocycles. The highest BCUT2D eigenvalue weighted by Crippen LogP contribution is 2.30. The van der Waals surface area contributed by atoms with Gasteiger partial charge in [0.25, 0.3) is 0 Å². The number of aliphatic hydroxyl groups is 1. The lowest BCUT2D eigenvalue weighted by atomic mass is 9.98. The Morgan fingerprint density at radius 1 is 1.16 bits per heavy atom. The molecule has 0 spiro atoms. The van der Waals surface area contributed by atoms with Gasteiger partial charge < -0.3 is 14.6 Å². The van der Waals surface area contributed by atoms with E-state index in [-0.39, 0.29) is 24.0 Å². The molecular formula is C20H35NO3Si. The number of hydrogen-bond donors (Lipinski definition) is 1. The summed E-state index contributed by atoms with van der Waals surface area (Å²) in [7, 11) is -1.36. The second-order valence-electron chi connectivity index (χ2n) is 8.60. The zero-order valence-electron chi connectivity index (χ0n) is 16.8. The Kier molecular flexibility index (Phi) is 6.71. The number of rotatable bonds is 6. The Morgan fingerprint density at radius 2 is 1.76 bits per heavy atom. The van der Waals surface area contributed by atoms with Crippen molar-refractivity contribution >= 4 is 8.07 Å². The molecule has 1 fully saturated rings. The van der Waals surface area contributed by atoms with Crippen LogP contribution in [0.2, 0.25) is 19.6 Å². The molecule has 2 rings (SSSR count). The SMILES string of the molecule is CC1CN(C(c2cccc(OC(C)[Si](C)(C)C)c2)C(C)O)CC(C)O1. The highest BCUT2D eigenvalue weighted by molar-refractivity contribution is 6.77. The molecule has 0 aliphatic carbocycles. The van der Waals surface area contributed by atoms with Gasteiger partial charge in [0.15, 0.2) is 0 Å². The van der Waals surface area contributed by atoms with Crippen molar-refractivity contribution in [2.45, 2.75) is 77.4 Å². The molecule has 0 radical (unpaired) electrons. The van der Waals surface area contributed by atoms with Gasteiger partial charge in [-0.2, -0.15) is 0 Å². The topological polar surface area (TPSA) is 41.9 Å². The van der Waals surface area contributed by atoms with E-state index in [0.717, 1.165) is 24.4 Å². The van der Waals surface area contributed by atoms with Crippen LogP contribution in [0.3, 0.4) is 0 Å². The lowest BCUT2D eigenvalue weighted by Crippen LogP contribution is -2.49. The maximum atomic E-state index is 10.5. The van der Waals surface area contributed by atoms with Crippen molar-refractivity contribution in [3.05, 3.63) is 29.8 Å². The largest absolute Gasteiger partial charge is 0.494 e. The smallest absolute Gasteiger partial charge is 0.119 e. The zero-order valence-corrected chi connectivity index (χ0v) is 17.8. The van der Waals surface area contributed by atoms with Gasteiger partial charge in [-0.1, -0.05) is 31.8 Å². The summed E-state index contributed by atoms with van der Waals surface area (Å²) in [6, 6.07) is 8.20. The number of ether oxygens (including phenoxy) is 2. The summed E-state index contributed by atoms with van der Waals surface area (Å²) in [5.41, 5.74) is 1.35. The van der Waals surface area contributed by atoms with E-state index in [0.29, 0.717) is 0 Å². The Balaban J connectivity index is 2.23. The molecule has 0 bridgehead atoms. The third-order valence-corrected chi connectivity index (χ3v) is 7.59. The molecule has 5 heteroatoms. The van der Waals surface area contributed by atoms with Crippen LogP contribution in [0.1, 0.15) is 39.3 Å². The summed E-state index contributed by atoms with van der Waals surface area (Å²) in [5, 5.41) is 10.5. The van der Waals surface area contributed by atoms with Crippen LogP contribution in [0.4, 0.5) is 0 Å². The van der Waals surface area contributed by atoms with Crippen LogP contribution in [-0.4, -0.2) is 55.2 Å². The molecule has 1 aliphatic rings. The van der Waals surface area contributed by atoms with Crippen molar-refractivity contribution in [2.75, 3.05) is 13.1 Å². The van der Waals surface area contributed by atoms with Gasteiger partial charge in [0.05, 0.1) is 38.2 Å². The summed E-state index contributed by atoms with van der Waals surface area (Å²) in [6.07, 6.45) is -0.102. The maximum absolute atomic E-state index is 10.5. The predicted octanol–water partition coefficient (Wildman–Crippen LogP) is 3.86. The molecule has 1 N–H and O–H groups in total. The second-order valence-corrected chi connectivity index (χ2v) is 14.1. The molecule has 5 atom stereocenters. The number of aliphatic hydroxyl groups excluding tert-OH is 1. The molecule has 1 aliphatic heterocycles. The number of hydrogen-bond acceptors (Lipinski definition) is 4. The lowest BCUT2D eigenvalue weighted by molar-refractivity contribution is -0.0948. The van der Waals surface area contributed by atoms with Crippen LogP contribution in [0.25, 0.3) is 0 Å². The van der Waals surface area contributed by atoms with E-state index in [4.69, 9.17) is 9.47 Å². The average molecular weight is 366 g/mol. The van der Waals surface area contributed by atoms with E-state index in [9.17, 15) is 5.11 Å². The Hall–Kier alpha value is -0.883. The first kappa shape index (κ1) is 20.4. The van der Waals surface area contributed by atoms with Gasteiger partial charge in [0.1, 0.15) is 5.75 Å². The molecule has 1 heterocycles. The van der Waals surface area contributed by atoms with Gasteiger partial charge in [-0.25, -0.2) is 0 Å². The summed E-state index contributed by atoms with van der Waals surface area (Å²) in [6.45, 7) is 16.8. The quantitative estimate of drug-likeness (QED) is 0.777. The summed E-state index contributed by atoms with van der Waals surface area (Å²) in [4.78, 5) is 2.34. The normalized spacial score (nSPS) is 26.1. The fourth-order valence-corrected chi connectivity index (χ4v) is 3.88. The van der Waals surface area contributed by atoms with Crippen molar-refractivity contribution in [2.24, 2.45) is 0 Å². The van der Waals surface area contributed by atoms with Gasteiger partial charge in [-0.3, -0.25) is 4.90 Å². The second kappa shape index (κ2) is 8.21. The van der Waals surface area contributed by atoms with Crippen molar-refractivity contribution < 1.29 is 14.6 Å². The first-order valence-electron chi connectivity index (χ1n) is 9.42. The fourth-order valence-electron chi connectivity index (χ4n) is 3.39. The summed E-state index contributed by atoms with van der Waals surface area (Å²) >= 11 is 0. The van der Waals surface area contributed by atoms with E-state index in [1.165, 1.54) is 0 Å². The molecule has 5 unspecified atom stereocenters. The van der Waals surface area contributed by atoms with E-state index < -0.39 is 14.2 Å². The lowest BCUT2D eigenvalue weighted by Gasteiger charge is -2.41. The van der Waals surface area contributed by atoms with Crippen LogP contribution < -0.4 is 4.74 Å². The molecule has 25 heavy (non-hydrogen) atoms. The monoisotopic (exact) mass is 365 g/mol. The van der Waals surface area contributed by atoms with Crippen LogP contribution in [-0.2, 0) is 4.74 Å². The fraction of sp³-hybridized carbons (Fsp3) is 0.700. The summed E-state index contributed by atoms with van der Waals surface area (Å²) in [5.74, 6) is 0.896. The highest BCUT2D eigenvalue weighted by Gasteiger charge is 2.32. The minimum Gasteiger partial charge on any atom is -0.494 e. The maximum Gasteiger partial charge on any atom is 0.119 e. The number of morpholine rings is 1. The van der Waals surface area contributed by atoms with Gasteiger partial charge in [0, 0.05) is 13.1 Å².